The quantitative estimate of drug-likeness (QED) is 0.712. The predicted molar refractivity (Wildman–Crippen MR) is 107 cm³/mol. The zero-order valence-corrected chi connectivity index (χ0v) is 17.2. The Morgan fingerprint density at radius 2 is 2.03 bits per heavy atom. The first-order valence-electron chi connectivity index (χ1n) is 10.8. The third-order valence-electron chi connectivity index (χ3n) is 6.05. The van der Waals surface area contributed by atoms with Gasteiger partial charge in [-0.05, 0) is 30.9 Å². The van der Waals surface area contributed by atoms with Gasteiger partial charge in [0.05, 0.1) is 12.2 Å². The Balaban J connectivity index is 1.55. The third-order valence-corrected chi connectivity index (χ3v) is 6.05. The molecule has 1 aromatic rings. The van der Waals surface area contributed by atoms with Gasteiger partial charge < -0.3 is 19.7 Å². The summed E-state index contributed by atoms with van der Waals surface area (Å²) in [7, 11) is 0. The molecule has 0 aromatic heterocycles. The van der Waals surface area contributed by atoms with Crippen molar-refractivity contribution in [3.8, 4) is 5.75 Å². The van der Waals surface area contributed by atoms with Crippen LogP contribution < -0.4 is 10.1 Å². The summed E-state index contributed by atoms with van der Waals surface area (Å²) in [5.74, 6) is -0.879. The number of carbonyl (C=O) groups excluding carboxylic acids is 1. The highest BCUT2D eigenvalue weighted by atomic mass is 19.1. The van der Waals surface area contributed by atoms with Crippen LogP contribution in [0.4, 0.5) is 13.6 Å². The van der Waals surface area contributed by atoms with Gasteiger partial charge in [-0.25, -0.2) is 13.6 Å². The number of nitrogens with zero attached hydrogens (tertiary/aromatic N) is 1. The van der Waals surface area contributed by atoms with Gasteiger partial charge in [-0.2, -0.15) is 0 Å². The summed E-state index contributed by atoms with van der Waals surface area (Å²) in [6, 6.07) is 2.50. The van der Waals surface area contributed by atoms with E-state index >= 15 is 0 Å². The Morgan fingerprint density at radius 1 is 1.24 bits per heavy atom. The van der Waals surface area contributed by atoms with Gasteiger partial charge in [-0.3, -0.25) is 0 Å². The lowest BCUT2D eigenvalue weighted by molar-refractivity contribution is 0.0697. The number of amides is 1. The van der Waals surface area contributed by atoms with Gasteiger partial charge in [0.25, 0.3) is 0 Å². The normalized spacial score (nSPS) is 20.5. The fraction of sp³-hybridized carbons (Fsp3) is 0.682. The van der Waals surface area contributed by atoms with Crippen LogP contribution in [0.3, 0.4) is 0 Å². The molecule has 29 heavy (non-hydrogen) atoms. The molecule has 1 amide bonds. The summed E-state index contributed by atoms with van der Waals surface area (Å²) in [6.45, 7) is 3.84. The van der Waals surface area contributed by atoms with Crippen LogP contribution >= 0.6 is 0 Å². The molecular weight excluding hydrogens is 378 g/mol. The summed E-state index contributed by atoms with van der Waals surface area (Å²) in [5, 5.41) is 3.23. The molecule has 7 heteroatoms. The van der Waals surface area contributed by atoms with Crippen LogP contribution in [0.25, 0.3) is 0 Å². The molecule has 0 bridgehead atoms. The van der Waals surface area contributed by atoms with Gasteiger partial charge in [0, 0.05) is 25.7 Å². The first-order chi connectivity index (χ1) is 14.1. The minimum absolute atomic E-state index is 0.0156. The highest BCUT2D eigenvalue weighted by Crippen LogP contribution is 2.28. The third kappa shape index (κ3) is 5.81. The molecule has 162 valence electrons. The fourth-order valence-corrected chi connectivity index (χ4v) is 4.21. The minimum atomic E-state index is -0.784. The first kappa shape index (κ1) is 21.8. The van der Waals surface area contributed by atoms with Gasteiger partial charge >= 0.3 is 6.09 Å². The Bertz CT molecular complexity index is 680. The van der Waals surface area contributed by atoms with Crippen LogP contribution in [0.2, 0.25) is 0 Å². The van der Waals surface area contributed by atoms with Crippen molar-refractivity contribution in [2.45, 2.75) is 64.5 Å². The number of hydrogen-bond acceptors (Lipinski definition) is 4. The SMILES string of the molecule is CC[C@@H]1CNCCN1C(=O)OCc1c(F)ccc(OCCC2CCCCC2)c1F. The van der Waals surface area contributed by atoms with E-state index in [1.54, 1.807) is 4.90 Å². The lowest BCUT2D eigenvalue weighted by Gasteiger charge is -2.34. The van der Waals surface area contributed by atoms with E-state index in [0.29, 0.717) is 32.2 Å². The van der Waals surface area contributed by atoms with E-state index in [9.17, 15) is 13.6 Å². The van der Waals surface area contributed by atoms with Gasteiger partial charge in [-0.1, -0.05) is 39.0 Å². The molecule has 2 aliphatic rings. The van der Waals surface area contributed by atoms with E-state index in [0.717, 1.165) is 12.8 Å². The Kier molecular flexibility index (Phi) is 8.09. The van der Waals surface area contributed by atoms with Crippen molar-refractivity contribution < 1.29 is 23.0 Å². The number of carbonyl (C=O) groups is 1. The van der Waals surface area contributed by atoms with Gasteiger partial charge in [0.1, 0.15) is 12.4 Å². The summed E-state index contributed by atoms with van der Waals surface area (Å²) in [5.41, 5.74) is -0.267. The number of nitrogens with one attached hydrogen (secondary N) is 1. The Hall–Kier alpha value is -1.89. The minimum Gasteiger partial charge on any atom is -0.490 e. The second-order valence-corrected chi connectivity index (χ2v) is 7.99. The lowest BCUT2D eigenvalue weighted by Crippen LogP contribution is -2.53. The average Bonchev–Trinajstić information content (AvgIpc) is 2.75. The number of hydrogen-bond donors (Lipinski definition) is 1. The number of rotatable bonds is 7. The highest BCUT2D eigenvalue weighted by Gasteiger charge is 2.27. The summed E-state index contributed by atoms with van der Waals surface area (Å²) < 4.78 is 39.8. The molecule has 1 N–H and O–H groups in total. The van der Waals surface area contributed by atoms with Crippen LogP contribution in [0.5, 0.6) is 5.75 Å². The molecule has 0 radical (unpaired) electrons. The van der Waals surface area contributed by atoms with E-state index < -0.39 is 24.3 Å². The van der Waals surface area contributed by atoms with Crippen molar-refractivity contribution in [1.29, 1.82) is 0 Å². The van der Waals surface area contributed by atoms with Crippen LogP contribution in [0.1, 0.15) is 57.4 Å². The predicted octanol–water partition coefficient (Wildman–Crippen LogP) is 4.63. The number of halogens is 2. The van der Waals surface area contributed by atoms with Crippen molar-refractivity contribution in [2.24, 2.45) is 5.92 Å². The van der Waals surface area contributed by atoms with E-state index in [2.05, 4.69) is 5.32 Å². The molecular formula is C22H32F2N2O3. The smallest absolute Gasteiger partial charge is 0.410 e. The van der Waals surface area contributed by atoms with Crippen LogP contribution in [-0.4, -0.2) is 43.3 Å². The van der Waals surface area contributed by atoms with Crippen molar-refractivity contribution in [2.75, 3.05) is 26.2 Å². The maximum Gasteiger partial charge on any atom is 0.410 e. The van der Waals surface area contributed by atoms with Gasteiger partial charge in [-0.15, -0.1) is 0 Å². The second-order valence-electron chi connectivity index (χ2n) is 7.99. The highest BCUT2D eigenvalue weighted by molar-refractivity contribution is 5.68. The first-order valence-corrected chi connectivity index (χ1v) is 10.8. The van der Waals surface area contributed by atoms with Crippen molar-refractivity contribution in [3.63, 3.8) is 0 Å². The molecule has 2 fully saturated rings. The topological polar surface area (TPSA) is 50.8 Å². The molecule has 1 aliphatic heterocycles. The molecule has 1 atom stereocenters. The molecule has 1 saturated carbocycles. The van der Waals surface area contributed by atoms with Gasteiger partial charge in [0.15, 0.2) is 11.6 Å². The fourth-order valence-electron chi connectivity index (χ4n) is 4.21. The largest absolute Gasteiger partial charge is 0.490 e. The van der Waals surface area contributed by atoms with Crippen LogP contribution in [-0.2, 0) is 11.3 Å². The van der Waals surface area contributed by atoms with Gasteiger partial charge in [0.2, 0.25) is 0 Å². The standard InChI is InChI=1S/C22H32F2N2O3/c1-2-17-14-25-11-12-26(17)22(27)29-15-18-19(23)8-9-20(21(18)24)28-13-10-16-6-4-3-5-7-16/h8-9,16-17,25H,2-7,10-15H2,1H3/t17-/m1/s1. The van der Waals surface area contributed by atoms with E-state index in [1.807, 2.05) is 6.92 Å². The molecule has 0 unspecified atom stereocenters. The molecule has 1 aromatic carbocycles. The van der Waals surface area contributed by atoms with Crippen molar-refractivity contribution in [1.82, 2.24) is 10.2 Å². The number of ether oxygens (including phenoxy) is 2. The summed E-state index contributed by atoms with van der Waals surface area (Å²) in [4.78, 5) is 14.0. The van der Waals surface area contributed by atoms with E-state index in [4.69, 9.17) is 9.47 Å². The second kappa shape index (κ2) is 10.8. The zero-order chi connectivity index (χ0) is 20.6. The summed E-state index contributed by atoms with van der Waals surface area (Å²) in [6.07, 6.45) is 7.30. The number of benzene rings is 1. The molecule has 1 heterocycles. The molecule has 3 rings (SSSR count). The Labute approximate surface area is 171 Å². The lowest BCUT2D eigenvalue weighted by atomic mass is 9.87. The average molecular weight is 411 g/mol. The van der Waals surface area contributed by atoms with Crippen LogP contribution in [0.15, 0.2) is 12.1 Å². The monoisotopic (exact) mass is 410 g/mol. The maximum atomic E-state index is 14.8. The zero-order valence-electron chi connectivity index (χ0n) is 17.2. The maximum absolute atomic E-state index is 14.8. The molecule has 1 aliphatic carbocycles. The van der Waals surface area contributed by atoms with Crippen LogP contribution in [0, 0.1) is 17.6 Å². The Morgan fingerprint density at radius 3 is 2.79 bits per heavy atom. The van der Waals surface area contributed by atoms with Crippen molar-refractivity contribution in [3.05, 3.63) is 29.3 Å². The molecule has 5 nitrogen and oxygen atoms in total. The van der Waals surface area contributed by atoms with E-state index in [-0.39, 0.29) is 17.4 Å². The van der Waals surface area contributed by atoms with Crippen molar-refractivity contribution >= 4 is 6.09 Å². The summed E-state index contributed by atoms with van der Waals surface area (Å²) >= 11 is 0. The molecule has 0 spiro atoms. The molecule has 1 saturated heterocycles. The number of piperazine rings is 1. The van der Waals surface area contributed by atoms with E-state index in [1.165, 1.54) is 44.2 Å².